The van der Waals surface area contributed by atoms with Gasteiger partial charge in [-0.05, 0) is 37.7 Å². The minimum Gasteiger partial charge on any atom is -0.507 e. The quantitative estimate of drug-likeness (QED) is 0.823. The Kier molecular flexibility index (Phi) is 6.26. The zero-order chi connectivity index (χ0) is 19.4. The molecule has 0 spiro atoms. The van der Waals surface area contributed by atoms with E-state index in [1.807, 2.05) is 19.1 Å². The summed E-state index contributed by atoms with van der Waals surface area (Å²) in [5, 5.41) is 10.7. The van der Waals surface area contributed by atoms with E-state index < -0.39 is 0 Å². The lowest BCUT2D eigenvalue weighted by molar-refractivity contribution is 0.125. The maximum atomic E-state index is 13.3. The molecule has 0 amide bonds. The van der Waals surface area contributed by atoms with Gasteiger partial charge in [0.05, 0.1) is 18.2 Å². The predicted octanol–water partition coefficient (Wildman–Crippen LogP) is 1.24. The number of methoxy groups -OCH3 is 1. The Labute approximate surface area is 159 Å². The molecule has 7 nitrogen and oxygen atoms in total. The first-order chi connectivity index (χ1) is 13.0. The smallest absolute Gasteiger partial charge is 0.259 e. The van der Waals surface area contributed by atoms with Gasteiger partial charge >= 0.3 is 0 Å². The Morgan fingerprint density at radius 3 is 2.52 bits per heavy atom. The molecular weight excluding hydrogens is 344 g/mol. The molecule has 27 heavy (non-hydrogen) atoms. The molecule has 2 aromatic rings. The van der Waals surface area contributed by atoms with Crippen LogP contribution in [0, 0.1) is 6.92 Å². The summed E-state index contributed by atoms with van der Waals surface area (Å²) in [5.41, 5.74) is 1.95. The summed E-state index contributed by atoms with van der Waals surface area (Å²) in [5.74, 6) is 0.0481. The van der Waals surface area contributed by atoms with Gasteiger partial charge in [0.1, 0.15) is 5.75 Å². The average Bonchev–Trinajstić information content (AvgIpc) is 2.66. The lowest BCUT2D eigenvalue weighted by Crippen LogP contribution is -2.47. The van der Waals surface area contributed by atoms with E-state index in [1.54, 1.807) is 30.1 Å². The molecule has 1 N–H and O–H groups in total. The van der Waals surface area contributed by atoms with E-state index in [2.05, 4.69) is 21.8 Å². The third-order valence-corrected chi connectivity index (χ3v) is 5.24. The molecule has 0 radical (unpaired) electrons. The lowest BCUT2D eigenvalue weighted by Gasteiger charge is -2.38. The van der Waals surface area contributed by atoms with Crippen molar-refractivity contribution in [1.29, 1.82) is 0 Å². The summed E-state index contributed by atoms with van der Waals surface area (Å²) >= 11 is 0. The average molecular weight is 372 g/mol. The lowest BCUT2D eigenvalue weighted by atomic mass is 9.97. The van der Waals surface area contributed by atoms with Crippen LogP contribution >= 0.6 is 0 Å². The highest BCUT2D eigenvalue weighted by Crippen LogP contribution is 2.32. The number of pyridine rings is 2. The van der Waals surface area contributed by atoms with Gasteiger partial charge in [-0.2, -0.15) is 0 Å². The van der Waals surface area contributed by atoms with Crippen LogP contribution in [0.2, 0.25) is 0 Å². The highest BCUT2D eigenvalue weighted by Gasteiger charge is 2.30. The number of rotatable bonds is 6. The highest BCUT2D eigenvalue weighted by atomic mass is 16.5. The molecule has 0 unspecified atom stereocenters. The van der Waals surface area contributed by atoms with Gasteiger partial charge in [-0.1, -0.05) is 0 Å². The molecule has 1 fully saturated rings. The van der Waals surface area contributed by atoms with Gasteiger partial charge in [-0.15, -0.1) is 0 Å². The van der Waals surface area contributed by atoms with Crippen molar-refractivity contribution < 1.29 is 9.84 Å². The monoisotopic (exact) mass is 372 g/mol. The highest BCUT2D eigenvalue weighted by molar-refractivity contribution is 5.40. The minimum absolute atomic E-state index is 0.0481. The number of ether oxygens (including phenoxy) is 1. The number of aromatic nitrogens is 2. The fourth-order valence-electron chi connectivity index (χ4n) is 3.67. The second-order valence-corrected chi connectivity index (χ2v) is 7.06. The predicted molar refractivity (Wildman–Crippen MR) is 104 cm³/mol. The van der Waals surface area contributed by atoms with Gasteiger partial charge in [-0.25, -0.2) is 0 Å². The molecule has 0 bridgehead atoms. The molecule has 1 aliphatic rings. The number of aryl methyl sites for hydroxylation is 1. The molecule has 1 saturated heterocycles. The van der Waals surface area contributed by atoms with Gasteiger partial charge in [0.2, 0.25) is 0 Å². The van der Waals surface area contributed by atoms with Crippen molar-refractivity contribution in [1.82, 2.24) is 19.4 Å². The molecule has 0 aliphatic carbocycles. The van der Waals surface area contributed by atoms with E-state index in [1.165, 1.54) is 0 Å². The molecule has 3 rings (SSSR count). The number of hydrogen-bond acceptors (Lipinski definition) is 6. The number of nitrogens with zero attached hydrogens (tertiary/aromatic N) is 4. The Morgan fingerprint density at radius 2 is 1.89 bits per heavy atom. The van der Waals surface area contributed by atoms with Gasteiger partial charge in [0.15, 0.2) is 0 Å². The minimum atomic E-state index is -0.302. The van der Waals surface area contributed by atoms with Crippen LogP contribution < -0.4 is 5.56 Å². The fraction of sp³-hybridized carbons (Fsp3) is 0.500. The van der Waals surface area contributed by atoms with E-state index in [-0.39, 0.29) is 17.4 Å². The Morgan fingerprint density at radius 1 is 1.22 bits per heavy atom. The Bertz CT molecular complexity index is 814. The van der Waals surface area contributed by atoms with Crippen LogP contribution in [0.4, 0.5) is 0 Å². The summed E-state index contributed by atoms with van der Waals surface area (Å²) in [6.45, 7) is 6.23. The van der Waals surface area contributed by atoms with E-state index in [0.717, 1.165) is 37.4 Å². The van der Waals surface area contributed by atoms with Crippen LogP contribution in [-0.2, 0) is 11.3 Å². The fourth-order valence-corrected chi connectivity index (χ4v) is 3.67. The van der Waals surface area contributed by atoms with Crippen molar-refractivity contribution in [2.24, 2.45) is 0 Å². The van der Waals surface area contributed by atoms with Crippen LogP contribution in [0.3, 0.4) is 0 Å². The van der Waals surface area contributed by atoms with Gasteiger partial charge in [0, 0.05) is 57.9 Å². The van der Waals surface area contributed by atoms with Gasteiger partial charge < -0.3 is 19.3 Å². The standard InChI is InChI=1S/C20H28N4O3/c1-15-14-17(25)18(20(26)24(15)12-13-27-3)19(16-4-6-21-7-5-16)23-10-8-22(2)9-11-23/h4-7,14,19,25H,8-13H2,1-3H3/t19-/m0/s1. The van der Waals surface area contributed by atoms with Crippen LogP contribution in [0.25, 0.3) is 0 Å². The topological polar surface area (TPSA) is 70.8 Å². The first-order valence-electron chi connectivity index (χ1n) is 9.27. The van der Waals surface area contributed by atoms with Crippen molar-refractivity contribution >= 4 is 0 Å². The Hall–Kier alpha value is -2.22. The van der Waals surface area contributed by atoms with E-state index >= 15 is 0 Å². The third kappa shape index (κ3) is 4.21. The van der Waals surface area contributed by atoms with Crippen LogP contribution in [0.1, 0.15) is 22.9 Å². The third-order valence-electron chi connectivity index (χ3n) is 5.24. The maximum Gasteiger partial charge on any atom is 0.259 e. The van der Waals surface area contributed by atoms with Crippen molar-refractivity contribution in [3.8, 4) is 5.75 Å². The van der Waals surface area contributed by atoms with Crippen molar-refractivity contribution in [3.05, 3.63) is 57.8 Å². The normalized spacial score (nSPS) is 17.1. The number of likely N-dealkylation sites (N-methyl/N-ethyl adjacent to an activating group) is 1. The largest absolute Gasteiger partial charge is 0.507 e. The zero-order valence-electron chi connectivity index (χ0n) is 16.3. The molecule has 3 heterocycles. The number of piperazine rings is 1. The second kappa shape index (κ2) is 8.65. The molecule has 0 saturated carbocycles. The van der Waals surface area contributed by atoms with Gasteiger partial charge in [-0.3, -0.25) is 14.7 Å². The molecule has 1 atom stereocenters. The van der Waals surface area contributed by atoms with E-state index in [0.29, 0.717) is 18.7 Å². The molecule has 146 valence electrons. The number of aromatic hydroxyl groups is 1. The van der Waals surface area contributed by atoms with Crippen molar-refractivity contribution in [2.45, 2.75) is 19.5 Å². The van der Waals surface area contributed by atoms with Crippen LogP contribution in [0.5, 0.6) is 5.75 Å². The molecule has 2 aromatic heterocycles. The molecule has 0 aromatic carbocycles. The van der Waals surface area contributed by atoms with Crippen molar-refractivity contribution in [2.75, 3.05) is 46.9 Å². The Balaban J connectivity index is 2.11. The summed E-state index contributed by atoms with van der Waals surface area (Å²) in [7, 11) is 3.71. The van der Waals surface area contributed by atoms with Gasteiger partial charge in [0.25, 0.3) is 5.56 Å². The number of hydrogen-bond donors (Lipinski definition) is 1. The maximum absolute atomic E-state index is 13.3. The zero-order valence-corrected chi connectivity index (χ0v) is 16.3. The first-order valence-corrected chi connectivity index (χ1v) is 9.27. The van der Waals surface area contributed by atoms with E-state index in [9.17, 15) is 9.90 Å². The van der Waals surface area contributed by atoms with Crippen LogP contribution in [0.15, 0.2) is 35.4 Å². The molecule has 1 aliphatic heterocycles. The molecular formula is C20H28N4O3. The SMILES string of the molecule is COCCn1c(C)cc(O)c([C@H](c2ccncc2)N2CCN(C)CC2)c1=O. The summed E-state index contributed by atoms with van der Waals surface area (Å²) in [6, 6.07) is 5.21. The summed E-state index contributed by atoms with van der Waals surface area (Å²) < 4.78 is 6.84. The van der Waals surface area contributed by atoms with E-state index in [4.69, 9.17) is 4.74 Å². The first kappa shape index (κ1) is 19.5. The van der Waals surface area contributed by atoms with Crippen molar-refractivity contribution in [3.63, 3.8) is 0 Å². The summed E-state index contributed by atoms with van der Waals surface area (Å²) in [6.07, 6.45) is 3.46. The summed E-state index contributed by atoms with van der Waals surface area (Å²) in [4.78, 5) is 22.0. The van der Waals surface area contributed by atoms with Crippen LogP contribution in [-0.4, -0.2) is 71.4 Å². The second-order valence-electron chi connectivity index (χ2n) is 7.06. The molecule has 7 heteroatoms.